The van der Waals surface area contributed by atoms with Crippen molar-refractivity contribution in [2.75, 3.05) is 19.1 Å². The van der Waals surface area contributed by atoms with Gasteiger partial charge in [-0.15, -0.1) is 0 Å². The minimum absolute atomic E-state index is 0.101. The Hall–Kier alpha value is -1.07. The predicted molar refractivity (Wildman–Crippen MR) is 99.1 cm³/mol. The average molecular weight is 447 g/mol. The topological polar surface area (TPSA) is 72.3 Å². The number of hydrazine groups is 1. The maximum atomic E-state index is 11.8. The zero-order chi connectivity index (χ0) is 16.4. The third-order valence-electron chi connectivity index (χ3n) is 4.19. The molecule has 1 N–H and O–H groups in total. The van der Waals surface area contributed by atoms with Gasteiger partial charge < -0.3 is 10.2 Å². The van der Waals surface area contributed by atoms with Crippen LogP contribution >= 0.6 is 30.3 Å². The van der Waals surface area contributed by atoms with E-state index in [1.165, 1.54) is 7.11 Å². The summed E-state index contributed by atoms with van der Waals surface area (Å²) in [5.74, 6) is 0.510. The second-order valence-corrected chi connectivity index (χ2v) is 7.29. The second kappa shape index (κ2) is 7.22. The number of hydrogen-bond acceptors (Lipinski definition) is 7. The third kappa shape index (κ3) is 3.41. The van der Waals surface area contributed by atoms with E-state index in [-0.39, 0.29) is 11.9 Å². The number of ether oxygens (including phenoxy) is 1. The van der Waals surface area contributed by atoms with Gasteiger partial charge in [-0.3, -0.25) is 8.77 Å². The number of esters is 1. The molecule has 0 aromatic carbocycles. The van der Waals surface area contributed by atoms with Crippen LogP contribution in [0.3, 0.4) is 0 Å². The van der Waals surface area contributed by atoms with Crippen LogP contribution in [0.2, 0.25) is 0 Å². The van der Waals surface area contributed by atoms with Gasteiger partial charge >= 0.3 is 5.97 Å². The summed E-state index contributed by atoms with van der Waals surface area (Å²) in [5, 5.41) is 3.03. The minimum atomic E-state index is -0.149. The van der Waals surface area contributed by atoms with Crippen molar-refractivity contribution in [3.63, 3.8) is 0 Å². The second-order valence-electron chi connectivity index (χ2n) is 5.58. The van der Waals surface area contributed by atoms with Crippen LogP contribution in [0.25, 0.3) is 11.0 Å². The molecule has 0 amide bonds. The largest absolute Gasteiger partial charge is 0.469 e. The lowest BCUT2D eigenvalue weighted by atomic mass is 9.95. The van der Waals surface area contributed by atoms with Gasteiger partial charge in [0.25, 0.3) is 0 Å². The number of piperidine rings is 1. The maximum absolute atomic E-state index is 11.8. The first-order valence-corrected chi connectivity index (χ1v) is 10.7. The molecule has 0 aliphatic carbocycles. The molecule has 0 saturated carbocycles. The molecule has 23 heavy (non-hydrogen) atoms. The number of rotatable bonds is 4. The highest BCUT2D eigenvalue weighted by atomic mass is 127. The number of hydrogen-bond donors (Lipinski definition) is 1. The lowest BCUT2D eigenvalue weighted by molar-refractivity contribution is -0.147. The van der Waals surface area contributed by atoms with Gasteiger partial charge in [-0.2, -0.15) is 0 Å². The summed E-state index contributed by atoms with van der Waals surface area (Å²) in [6, 6.07) is 2.32. The van der Waals surface area contributed by atoms with Crippen molar-refractivity contribution in [2.24, 2.45) is 5.92 Å². The molecule has 7 nitrogen and oxygen atoms in total. The Morgan fingerprint density at radius 1 is 1.48 bits per heavy atom. The number of methoxy groups -OCH3 is 1. The Balaban J connectivity index is 1.83. The molecular weight excluding hydrogens is 429 g/mol. The normalized spacial score (nSPS) is 22.2. The van der Waals surface area contributed by atoms with E-state index in [0.717, 1.165) is 29.7 Å². The highest BCUT2D eigenvalue weighted by Crippen LogP contribution is 2.29. The summed E-state index contributed by atoms with van der Waals surface area (Å²) in [7, 11) is 3.00. The van der Waals surface area contributed by atoms with Crippen LogP contribution < -0.4 is 5.43 Å². The van der Waals surface area contributed by atoms with E-state index in [1.807, 2.05) is 16.2 Å². The summed E-state index contributed by atoms with van der Waals surface area (Å²) in [4.78, 5) is 20.5. The summed E-state index contributed by atoms with van der Waals surface area (Å²) in [6.45, 7) is 2.76. The van der Waals surface area contributed by atoms with Crippen LogP contribution in [0.5, 0.6) is 0 Å². The fourth-order valence-electron chi connectivity index (χ4n) is 2.83. The van der Waals surface area contributed by atoms with Crippen molar-refractivity contribution in [2.45, 2.75) is 25.8 Å². The molecule has 9 heteroatoms. The number of nitrogens with one attached hydrogen (secondary N) is 1. The van der Waals surface area contributed by atoms with Crippen molar-refractivity contribution >= 4 is 53.1 Å². The van der Waals surface area contributed by atoms with Gasteiger partial charge in [0, 0.05) is 49.1 Å². The summed E-state index contributed by atoms with van der Waals surface area (Å²) in [5.41, 5.74) is 4.24. The van der Waals surface area contributed by atoms with Gasteiger partial charge in [0.1, 0.15) is 6.33 Å². The van der Waals surface area contributed by atoms with Gasteiger partial charge in [0.15, 0.2) is 11.5 Å². The number of nitrogens with zero attached hydrogens (tertiary/aromatic N) is 4. The molecule has 0 radical (unpaired) electrons. The Kier molecular flexibility index (Phi) is 5.27. The molecule has 1 saturated heterocycles. The Morgan fingerprint density at radius 3 is 3.04 bits per heavy atom. The molecule has 2 aromatic heterocycles. The van der Waals surface area contributed by atoms with E-state index in [9.17, 15) is 4.79 Å². The van der Waals surface area contributed by atoms with E-state index in [1.54, 1.807) is 15.4 Å². The number of anilines is 1. The van der Waals surface area contributed by atoms with E-state index in [2.05, 4.69) is 48.5 Å². The lowest BCUT2D eigenvalue weighted by Crippen LogP contribution is -2.47. The van der Waals surface area contributed by atoms with Gasteiger partial charge in [-0.25, -0.2) is 15.0 Å². The summed E-state index contributed by atoms with van der Waals surface area (Å²) < 4.78 is 6.87. The predicted octanol–water partition coefficient (Wildman–Crippen LogP) is 2.88. The number of fused-ring (bicyclic) bond motifs is 1. The maximum Gasteiger partial charge on any atom is 0.310 e. The smallest absolute Gasteiger partial charge is 0.310 e. The molecule has 1 aliphatic rings. The monoisotopic (exact) mass is 447 g/mol. The highest BCUT2D eigenvalue weighted by Gasteiger charge is 2.31. The molecule has 1 aliphatic heterocycles. The van der Waals surface area contributed by atoms with Gasteiger partial charge in [0.05, 0.1) is 18.4 Å². The number of halogens is 1. The van der Waals surface area contributed by atoms with E-state index in [0.29, 0.717) is 12.6 Å². The fourth-order valence-corrected chi connectivity index (χ4v) is 4.10. The van der Waals surface area contributed by atoms with Crippen molar-refractivity contribution in [3.8, 4) is 0 Å². The van der Waals surface area contributed by atoms with Crippen LogP contribution in [-0.4, -0.2) is 44.6 Å². The quantitative estimate of drug-likeness (QED) is 0.571. The van der Waals surface area contributed by atoms with Crippen LogP contribution in [-0.2, 0) is 9.53 Å². The first-order chi connectivity index (χ1) is 11.1. The molecule has 2 atom stereocenters. The fraction of sp³-hybridized carbons (Fsp3) is 0.500. The first-order valence-electron chi connectivity index (χ1n) is 7.36. The first kappa shape index (κ1) is 16.8. The van der Waals surface area contributed by atoms with Crippen LogP contribution in [0, 0.1) is 5.92 Å². The average Bonchev–Trinajstić information content (AvgIpc) is 3.00. The number of carbonyl (C=O) groups is 1. The zero-order valence-corrected chi connectivity index (χ0v) is 15.9. The highest BCUT2D eigenvalue weighted by molar-refractivity contribution is 14.2. The summed E-state index contributed by atoms with van der Waals surface area (Å²) >= 11 is 2.22. The van der Waals surface area contributed by atoms with Gasteiger partial charge in [0.2, 0.25) is 0 Å². The third-order valence-corrected chi connectivity index (χ3v) is 5.91. The zero-order valence-electron chi connectivity index (χ0n) is 12.9. The number of aromatic nitrogens is 3. The van der Waals surface area contributed by atoms with Gasteiger partial charge in [-0.1, -0.05) is 0 Å². The van der Waals surface area contributed by atoms with E-state index >= 15 is 0 Å². The Labute approximate surface area is 150 Å². The molecular formula is C14H18IN5O2S. The Bertz CT molecular complexity index is 710. The van der Waals surface area contributed by atoms with Crippen LogP contribution in [0.1, 0.15) is 19.8 Å². The standard InChI is InChI=1S/C14H18IN5O2S/c1-9-3-4-10(14(21)22-2)7-19(9)18-12-11-5-6-20(23-15)13(11)17-8-16-12/h5-6,8-10H,3-4,7H2,1-2H3,(H,16,17,18). The van der Waals surface area contributed by atoms with Crippen LogP contribution in [0.15, 0.2) is 18.6 Å². The molecule has 0 spiro atoms. The molecule has 0 bridgehead atoms. The van der Waals surface area contributed by atoms with Crippen molar-refractivity contribution < 1.29 is 9.53 Å². The Morgan fingerprint density at radius 2 is 2.30 bits per heavy atom. The molecule has 3 rings (SSSR count). The van der Waals surface area contributed by atoms with Crippen molar-refractivity contribution in [1.82, 2.24) is 18.9 Å². The lowest BCUT2D eigenvalue weighted by Gasteiger charge is -2.37. The van der Waals surface area contributed by atoms with Crippen molar-refractivity contribution in [1.29, 1.82) is 0 Å². The van der Waals surface area contributed by atoms with Crippen LogP contribution in [0.4, 0.5) is 5.82 Å². The molecule has 3 heterocycles. The molecule has 2 unspecified atom stereocenters. The SMILES string of the molecule is COC(=O)C1CCC(C)N(Nc2ncnc3c2ccn3SI)C1. The minimum Gasteiger partial charge on any atom is -0.469 e. The van der Waals surface area contributed by atoms with Crippen molar-refractivity contribution in [3.05, 3.63) is 18.6 Å². The van der Waals surface area contributed by atoms with E-state index < -0.39 is 0 Å². The molecule has 1 fully saturated rings. The van der Waals surface area contributed by atoms with E-state index in [4.69, 9.17) is 4.74 Å². The molecule has 124 valence electrons. The summed E-state index contributed by atoms with van der Waals surface area (Å²) in [6.07, 6.45) is 5.32. The van der Waals surface area contributed by atoms with Gasteiger partial charge in [-0.05, 0) is 25.8 Å². The molecule has 2 aromatic rings. The number of carbonyl (C=O) groups excluding carboxylic acids is 1.